The molecule has 160 valence electrons. The number of nitrogens with two attached hydrogens (primary N) is 1. The van der Waals surface area contributed by atoms with Crippen LogP contribution in [0.1, 0.15) is 30.9 Å². The molecule has 1 aromatic heterocycles. The highest BCUT2D eigenvalue weighted by Crippen LogP contribution is 2.28. The molecule has 0 bridgehead atoms. The van der Waals surface area contributed by atoms with Crippen molar-refractivity contribution in [2.75, 3.05) is 6.54 Å². The zero-order valence-electron chi connectivity index (χ0n) is 18.0. The van der Waals surface area contributed by atoms with Gasteiger partial charge in [0.2, 0.25) is 5.91 Å². The average molecular weight is 415 g/mol. The van der Waals surface area contributed by atoms with Crippen molar-refractivity contribution < 1.29 is 4.79 Å². The van der Waals surface area contributed by atoms with E-state index in [0.29, 0.717) is 17.9 Å². The summed E-state index contributed by atoms with van der Waals surface area (Å²) in [7, 11) is 0. The summed E-state index contributed by atoms with van der Waals surface area (Å²) >= 11 is 0. The van der Waals surface area contributed by atoms with Crippen molar-refractivity contribution in [3.8, 4) is 0 Å². The molecule has 31 heavy (non-hydrogen) atoms. The van der Waals surface area contributed by atoms with Gasteiger partial charge in [-0.05, 0) is 55.0 Å². The van der Waals surface area contributed by atoms with E-state index in [0.717, 1.165) is 36.9 Å². The number of allylic oxidation sites excluding steroid dienone is 1. The van der Waals surface area contributed by atoms with Gasteiger partial charge in [0.1, 0.15) is 0 Å². The van der Waals surface area contributed by atoms with Crippen LogP contribution in [0.15, 0.2) is 67.0 Å². The lowest BCUT2D eigenvalue weighted by atomic mass is 10.1. The van der Waals surface area contributed by atoms with Crippen LogP contribution in [-0.2, 0) is 17.8 Å². The molecule has 0 radical (unpaired) electrons. The molecule has 1 fully saturated rings. The molecular formula is C26H30N4O. The fourth-order valence-electron chi connectivity index (χ4n) is 4.71. The fourth-order valence-corrected chi connectivity index (χ4v) is 4.71. The highest BCUT2D eigenvalue weighted by atomic mass is 16.2. The number of benzene rings is 2. The Balaban J connectivity index is 1.40. The zero-order chi connectivity index (χ0) is 21.8. The normalized spacial score (nSPS) is 19.1. The lowest BCUT2D eigenvalue weighted by Crippen LogP contribution is -2.34. The van der Waals surface area contributed by atoms with Crippen LogP contribution in [0.25, 0.3) is 16.5 Å². The monoisotopic (exact) mass is 414 g/mol. The highest BCUT2D eigenvalue weighted by molar-refractivity contribution is 6.09. The maximum atomic E-state index is 12.8. The first-order chi connectivity index (χ1) is 15.1. The summed E-state index contributed by atoms with van der Waals surface area (Å²) in [5.41, 5.74) is 9.68. The van der Waals surface area contributed by atoms with Crippen molar-refractivity contribution in [3.63, 3.8) is 0 Å². The number of fused-ring (bicyclic) bond motifs is 1. The number of hydrogen-bond donors (Lipinski definition) is 2. The smallest absolute Gasteiger partial charge is 0.223 e. The van der Waals surface area contributed by atoms with Crippen LogP contribution in [0.5, 0.6) is 0 Å². The minimum Gasteiger partial charge on any atom is -0.404 e. The van der Waals surface area contributed by atoms with E-state index in [2.05, 4.69) is 52.9 Å². The number of aromatic nitrogens is 1. The Morgan fingerprint density at radius 2 is 2.00 bits per heavy atom. The minimum atomic E-state index is 0.258. The third kappa shape index (κ3) is 4.55. The fraction of sp³-hybridized carbons (Fsp3) is 0.308. The number of carbonyl (C=O) groups excluding carboxylic acids is 1. The molecule has 1 unspecified atom stereocenters. The Morgan fingerprint density at radius 3 is 2.74 bits per heavy atom. The first kappa shape index (κ1) is 20.9. The Hall–Kier alpha value is -3.34. The second-order valence-electron chi connectivity index (χ2n) is 8.49. The van der Waals surface area contributed by atoms with Gasteiger partial charge < -0.3 is 20.6 Å². The van der Waals surface area contributed by atoms with Crippen molar-refractivity contribution in [2.45, 2.75) is 38.8 Å². The summed E-state index contributed by atoms with van der Waals surface area (Å²) in [5.74, 6) is 0.709. The van der Waals surface area contributed by atoms with E-state index in [1.165, 1.54) is 23.5 Å². The van der Waals surface area contributed by atoms with Gasteiger partial charge in [-0.25, -0.2) is 0 Å². The second-order valence-corrected chi connectivity index (χ2v) is 8.49. The molecule has 0 aliphatic carbocycles. The summed E-state index contributed by atoms with van der Waals surface area (Å²) < 4.78 is 2.28. The third-order valence-electron chi connectivity index (χ3n) is 6.35. The van der Waals surface area contributed by atoms with E-state index in [1.807, 2.05) is 24.3 Å². The van der Waals surface area contributed by atoms with Crippen molar-refractivity contribution >= 4 is 28.6 Å². The third-order valence-corrected chi connectivity index (χ3v) is 6.35. The summed E-state index contributed by atoms with van der Waals surface area (Å²) in [6.45, 7) is 3.89. The Morgan fingerprint density at radius 1 is 1.19 bits per heavy atom. The molecule has 1 aliphatic rings. The van der Waals surface area contributed by atoms with E-state index >= 15 is 0 Å². The predicted octanol–water partition coefficient (Wildman–Crippen LogP) is 4.46. The van der Waals surface area contributed by atoms with Crippen molar-refractivity contribution in [3.05, 3.63) is 78.1 Å². The molecule has 1 saturated heterocycles. The van der Waals surface area contributed by atoms with E-state index in [1.54, 1.807) is 0 Å². The standard InChI is InChI=1S/C26H30N4O/c1-19-13-21(18-30(19)26(31)10-7-20-5-3-2-4-6-20)17-29-12-11-23-14-22(8-9-25(23)29)24(15-27)16-28/h2-6,8-9,11-12,14-16,19,21,27H,7,10,13,17-18,28H2,1H3/b24-16+,27-15?/t19-,21?/m0/s1. The first-order valence-corrected chi connectivity index (χ1v) is 10.9. The van der Waals surface area contributed by atoms with E-state index in [-0.39, 0.29) is 11.9 Å². The molecule has 4 rings (SSSR count). The van der Waals surface area contributed by atoms with Crippen molar-refractivity contribution in [2.24, 2.45) is 11.7 Å². The van der Waals surface area contributed by atoms with Gasteiger partial charge in [0.15, 0.2) is 0 Å². The number of rotatable bonds is 7. The minimum absolute atomic E-state index is 0.258. The average Bonchev–Trinajstić information content (AvgIpc) is 3.36. The highest BCUT2D eigenvalue weighted by Gasteiger charge is 2.32. The van der Waals surface area contributed by atoms with Gasteiger partial charge in [-0.15, -0.1) is 0 Å². The lowest BCUT2D eigenvalue weighted by Gasteiger charge is -2.21. The number of aryl methyl sites for hydroxylation is 1. The molecule has 2 heterocycles. The zero-order valence-corrected chi connectivity index (χ0v) is 18.0. The van der Waals surface area contributed by atoms with E-state index < -0.39 is 0 Å². The maximum absolute atomic E-state index is 12.8. The van der Waals surface area contributed by atoms with Crippen LogP contribution in [-0.4, -0.2) is 34.2 Å². The van der Waals surface area contributed by atoms with Crippen LogP contribution in [0.3, 0.4) is 0 Å². The number of hydrogen-bond acceptors (Lipinski definition) is 3. The van der Waals surface area contributed by atoms with Gasteiger partial charge in [0.05, 0.1) is 0 Å². The first-order valence-electron chi connectivity index (χ1n) is 10.9. The Bertz CT molecular complexity index is 1100. The molecule has 1 aliphatic heterocycles. The van der Waals surface area contributed by atoms with Gasteiger partial charge >= 0.3 is 0 Å². The molecule has 0 saturated carbocycles. The molecule has 2 aromatic carbocycles. The van der Waals surface area contributed by atoms with Gasteiger partial charge in [0, 0.05) is 60.6 Å². The number of carbonyl (C=O) groups is 1. The van der Waals surface area contributed by atoms with E-state index in [4.69, 9.17) is 11.1 Å². The van der Waals surface area contributed by atoms with E-state index in [9.17, 15) is 4.79 Å². The largest absolute Gasteiger partial charge is 0.404 e. The number of nitrogens with zero attached hydrogens (tertiary/aromatic N) is 2. The molecular weight excluding hydrogens is 384 g/mol. The summed E-state index contributed by atoms with van der Waals surface area (Å²) in [5, 5.41) is 8.64. The number of nitrogens with one attached hydrogen (secondary N) is 1. The van der Waals surface area contributed by atoms with Crippen molar-refractivity contribution in [1.29, 1.82) is 5.41 Å². The van der Waals surface area contributed by atoms with Crippen LogP contribution in [0.2, 0.25) is 0 Å². The summed E-state index contributed by atoms with van der Waals surface area (Å²) in [4.78, 5) is 14.9. The number of amides is 1. The van der Waals surface area contributed by atoms with Gasteiger partial charge in [0.25, 0.3) is 0 Å². The Kier molecular flexibility index (Phi) is 6.21. The van der Waals surface area contributed by atoms with Crippen LogP contribution in [0, 0.1) is 11.3 Å². The predicted molar refractivity (Wildman–Crippen MR) is 127 cm³/mol. The molecule has 5 heteroatoms. The van der Waals surface area contributed by atoms with Crippen LogP contribution < -0.4 is 5.73 Å². The molecule has 0 spiro atoms. The molecule has 2 atom stereocenters. The molecule has 1 amide bonds. The summed E-state index contributed by atoms with van der Waals surface area (Å²) in [6, 6.07) is 18.8. The maximum Gasteiger partial charge on any atom is 0.223 e. The van der Waals surface area contributed by atoms with Crippen LogP contribution in [0.4, 0.5) is 0 Å². The van der Waals surface area contributed by atoms with Crippen LogP contribution >= 0.6 is 0 Å². The topological polar surface area (TPSA) is 75.1 Å². The van der Waals surface area contributed by atoms with Crippen molar-refractivity contribution in [1.82, 2.24) is 9.47 Å². The molecule has 3 N–H and O–H groups in total. The SMILES string of the molecule is C[C@H]1CC(Cn2ccc3cc(/C(C=N)=C/N)ccc32)CN1C(=O)CCc1ccccc1. The number of likely N-dealkylation sites (tertiary alicyclic amines) is 1. The molecule has 5 nitrogen and oxygen atoms in total. The second kappa shape index (κ2) is 9.21. The Labute approximate surface area is 183 Å². The lowest BCUT2D eigenvalue weighted by molar-refractivity contribution is -0.131. The molecule has 3 aromatic rings. The summed E-state index contributed by atoms with van der Waals surface area (Å²) in [6.07, 6.45) is 7.27. The van der Waals surface area contributed by atoms with Gasteiger partial charge in [-0.2, -0.15) is 0 Å². The van der Waals surface area contributed by atoms with Gasteiger partial charge in [-0.3, -0.25) is 4.79 Å². The van der Waals surface area contributed by atoms with Gasteiger partial charge in [-0.1, -0.05) is 36.4 Å². The quantitative estimate of drug-likeness (QED) is 0.560.